The van der Waals surface area contributed by atoms with Crippen LogP contribution in [0.1, 0.15) is 64.8 Å². The number of carbonyl (C=O) groups is 3. The van der Waals surface area contributed by atoms with Crippen molar-refractivity contribution in [3.8, 4) is 5.75 Å². The molecule has 33 heavy (non-hydrogen) atoms. The summed E-state index contributed by atoms with van der Waals surface area (Å²) < 4.78 is 16.0. The molecule has 1 aliphatic heterocycles. The predicted octanol–water partition coefficient (Wildman–Crippen LogP) is 4.87. The van der Waals surface area contributed by atoms with Gasteiger partial charge in [-0.15, -0.1) is 11.3 Å². The number of esters is 1. The van der Waals surface area contributed by atoms with E-state index >= 15 is 0 Å². The van der Waals surface area contributed by atoms with Gasteiger partial charge in [0.1, 0.15) is 10.8 Å². The summed E-state index contributed by atoms with van der Waals surface area (Å²) in [5.74, 6) is -0.103. The molecule has 0 fully saturated rings. The molecule has 2 heterocycles. The minimum absolute atomic E-state index is 0.227. The Morgan fingerprint density at radius 3 is 2.45 bits per heavy atom. The summed E-state index contributed by atoms with van der Waals surface area (Å²) in [7, 11) is 0. The lowest BCUT2D eigenvalue weighted by molar-refractivity contribution is 0.0526. The quantitative estimate of drug-likeness (QED) is 0.412. The van der Waals surface area contributed by atoms with Crippen molar-refractivity contribution in [1.29, 1.82) is 0 Å². The van der Waals surface area contributed by atoms with E-state index in [2.05, 4.69) is 12.2 Å². The van der Waals surface area contributed by atoms with Crippen molar-refractivity contribution in [2.75, 3.05) is 31.7 Å². The van der Waals surface area contributed by atoms with E-state index < -0.39 is 5.97 Å². The minimum Gasteiger partial charge on any atom is -0.494 e. The van der Waals surface area contributed by atoms with Gasteiger partial charge in [0.25, 0.3) is 5.91 Å². The zero-order valence-electron chi connectivity index (χ0n) is 19.3. The second-order valence-electron chi connectivity index (χ2n) is 7.48. The maximum atomic E-state index is 12.9. The number of carbonyl (C=O) groups excluding carboxylic acids is 3. The van der Waals surface area contributed by atoms with Crippen LogP contribution in [0.25, 0.3) is 0 Å². The smallest absolute Gasteiger partial charge is 0.410 e. The summed E-state index contributed by atoms with van der Waals surface area (Å²) in [5.41, 5.74) is 1.63. The van der Waals surface area contributed by atoms with Gasteiger partial charge in [0.15, 0.2) is 0 Å². The molecule has 1 N–H and O–H groups in total. The van der Waals surface area contributed by atoms with E-state index in [4.69, 9.17) is 14.2 Å². The van der Waals surface area contributed by atoms with E-state index in [-0.39, 0.29) is 18.6 Å². The van der Waals surface area contributed by atoms with Crippen molar-refractivity contribution >= 4 is 34.3 Å². The maximum absolute atomic E-state index is 12.9. The Hall–Kier alpha value is -3.07. The number of hydrogen-bond donors (Lipinski definition) is 1. The fourth-order valence-corrected chi connectivity index (χ4v) is 4.74. The van der Waals surface area contributed by atoms with Gasteiger partial charge in [0.2, 0.25) is 0 Å². The SMILES string of the molecule is CCCCOc1ccc(C(=O)Nc2sc3c(c2C(=O)OCC)CCN(C(=O)OCC)C3)cc1. The average Bonchev–Trinajstić information content (AvgIpc) is 3.17. The number of nitrogens with zero attached hydrogens (tertiary/aromatic N) is 1. The molecule has 0 unspecified atom stereocenters. The third-order valence-corrected chi connectivity index (χ3v) is 6.30. The van der Waals surface area contributed by atoms with Crippen LogP contribution in [0.3, 0.4) is 0 Å². The van der Waals surface area contributed by atoms with Crippen LogP contribution in [-0.4, -0.2) is 49.2 Å². The van der Waals surface area contributed by atoms with Crippen LogP contribution in [-0.2, 0) is 22.4 Å². The first kappa shape index (κ1) is 24.6. The fraction of sp³-hybridized carbons (Fsp3) is 0.458. The largest absolute Gasteiger partial charge is 0.494 e. The fourth-order valence-electron chi connectivity index (χ4n) is 3.49. The van der Waals surface area contributed by atoms with Gasteiger partial charge in [-0.25, -0.2) is 9.59 Å². The maximum Gasteiger partial charge on any atom is 0.410 e. The topological polar surface area (TPSA) is 94.2 Å². The Labute approximate surface area is 197 Å². The van der Waals surface area contributed by atoms with Crippen molar-refractivity contribution in [3.63, 3.8) is 0 Å². The van der Waals surface area contributed by atoms with Crippen molar-refractivity contribution in [2.45, 2.75) is 46.6 Å². The van der Waals surface area contributed by atoms with Crippen molar-refractivity contribution in [3.05, 3.63) is 45.8 Å². The summed E-state index contributed by atoms with van der Waals surface area (Å²) >= 11 is 1.29. The van der Waals surface area contributed by atoms with Crippen LogP contribution in [0, 0.1) is 0 Å². The molecule has 3 rings (SSSR count). The Balaban J connectivity index is 1.80. The second kappa shape index (κ2) is 11.7. The number of nitrogens with one attached hydrogen (secondary N) is 1. The molecule has 0 bridgehead atoms. The monoisotopic (exact) mass is 474 g/mol. The molecule has 1 aliphatic rings. The number of amides is 2. The van der Waals surface area contributed by atoms with Crippen LogP contribution in [0.5, 0.6) is 5.75 Å². The van der Waals surface area contributed by atoms with Gasteiger partial charge in [0, 0.05) is 17.0 Å². The summed E-state index contributed by atoms with van der Waals surface area (Å²) in [5, 5.41) is 3.30. The molecule has 0 saturated carbocycles. The Kier molecular flexibility index (Phi) is 8.71. The molecule has 0 atom stereocenters. The number of anilines is 1. The van der Waals surface area contributed by atoms with E-state index in [0.29, 0.717) is 54.6 Å². The standard InChI is InChI=1S/C24H30N2O6S/c1-4-7-14-32-17-10-8-16(9-11-17)21(27)25-22-20(23(28)30-5-2)18-12-13-26(15-19(18)33-22)24(29)31-6-3/h8-11H,4-7,12-15H2,1-3H3,(H,25,27). The predicted molar refractivity (Wildman–Crippen MR) is 126 cm³/mol. The van der Waals surface area contributed by atoms with Gasteiger partial charge in [-0.3, -0.25) is 4.79 Å². The van der Waals surface area contributed by atoms with Gasteiger partial charge in [-0.1, -0.05) is 13.3 Å². The van der Waals surface area contributed by atoms with Gasteiger partial charge < -0.3 is 24.4 Å². The number of hydrogen-bond acceptors (Lipinski definition) is 7. The molecule has 0 radical (unpaired) electrons. The third-order valence-electron chi connectivity index (χ3n) is 5.17. The molecule has 1 aromatic heterocycles. The molecular formula is C24H30N2O6S. The lowest BCUT2D eigenvalue weighted by Crippen LogP contribution is -2.36. The summed E-state index contributed by atoms with van der Waals surface area (Å²) in [4.78, 5) is 40.2. The number of thiophene rings is 1. The zero-order valence-corrected chi connectivity index (χ0v) is 20.1. The normalized spacial score (nSPS) is 12.6. The van der Waals surface area contributed by atoms with Crippen molar-refractivity contribution in [2.24, 2.45) is 0 Å². The molecule has 178 valence electrons. The number of rotatable bonds is 9. The highest BCUT2D eigenvalue weighted by atomic mass is 32.1. The summed E-state index contributed by atoms with van der Waals surface area (Å²) in [6, 6.07) is 6.90. The van der Waals surface area contributed by atoms with Crippen LogP contribution in [0.15, 0.2) is 24.3 Å². The zero-order chi connectivity index (χ0) is 23.8. The van der Waals surface area contributed by atoms with Crippen LogP contribution in [0.4, 0.5) is 9.80 Å². The summed E-state index contributed by atoms with van der Waals surface area (Å²) in [6.07, 6.45) is 2.11. The molecule has 1 aromatic carbocycles. The number of unbranched alkanes of at least 4 members (excludes halogenated alkanes) is 1. The van der Waals surface area contributed by atoms with Gasteiger partial charge in [-0.05, 0) is 56.5 Å². The minimum atomic E-state index is -0.477. The molecule has 0 saturated heterocycles. The van der Waals surface area contributed by atoms with E-state index in [1.54, 1.807) is 43.0 Å². The Bertz CT molecular complexity index is 986. The Morgan fingerprint density at radius 1 is 1.06 bits per heavy atom. The molecule has 8 nitrogen and oxygen atoms in total. The third kappa shape index (κ3) is 6.04. The van der Waals surface area contributed by atoms with Crippen LogP contribution >= 0.6 is 11.3 Å². The highest BCUT2D eigenvalue weighted by Gasteiger charge is 2.31. The number of fused-ring (bicyclic) bond motifs is 1. The first-order valence-corrected chi connectivity index (χ1v) is 12.1. The molecule has 9 heteroatoms. The van der Waals surface area contributed by atoms with E-state index in [0.717, 1.165) is 23.3 Å². The van der Waals surface area contributed by atoms with E-state index in [9.17, 15) is 14.4 Å². The highest BCUT2D eigenvalue weighted by Crippen LogP contribution is 2.38. The molecule has 2 amide bonds. The van der Waals surface area contributed by atoms with Gasteiger partial charge in [-0.2, -0.15) is 0 Å². The summed E-state index contributed by atoms with van der Waals surface area (Å²) in [6.45, 7) is 7.51. The molecule has 2 aromatic rings. The van der Waals surface area contributed by atoms with Crippen molar-refractivity contribution < 1.29 is 28.6 Å². The average molecular weight is 475 g/mol. The number of benzene rings is 1. The van der Waals surface area contributed by atoms with E-state index in [1.165, 1.54) is 11.3 Å². The second-order valence-corrected chi connectivity index (χ2v) is 8.58. The van der Waals surface area contributed by atoms with Gasteiger partial charge in [0.05, 0.1) is 31.9 Å². The number of ether oxygens (including phenoxy) is 3. The van der Waals surface area contributed by atoms with Crippen LogP contribution in [0.2, 0.25) is 0 Å². The molecular weight excluding hydrogens is 444 g/mol. The van der Waals surface area contributed by atoms with E-state index in [1.807, 2.05) is 0 Å². The Morgan fingerprint density at radius 2 is 1.79 bits per heavy atom. The molecule has 0 spiro atoms. The lowest BCUT2D eigenvalue weighted by atomic mass is 10.0. The van der Waals surface area contributed by atoms with Crippen molar-refractivity contribution in [1.82, 2.24) is 4.90 Å². The lowest BCUT2D eigenvalue weighted by Gasteiger charge is -2.26. The first-order chi connectivity index (χ1) is 16.0. The van der Waals surface area contributed by atoms with Crippen LogP contribution < -0.4 is 10.1 Å². The first-order valence-electron chi connectivity index (χ1n) is 11.3. The molecule has 0 aliphatic carbocycles. The van der Waals surface area contributed by atoms with Gasteiger partial charge >= 0.3 is 12.1 Å². The highest BCUT2D eigenvalue weighted by molar-refractivity contribution is 7.17.